The largest absolute Gasteiger partial charge is 0.392 e. The van der Waals surface area contributed by atoms with E-state index in [0.29, 0.717) is 6.54 Å². The highest BCUT2D eigenvalue weighted by molar-refractivity contribution is 5.15. The Labute approximate surface area is 127 Å². The summed E-state index contributed by atoms with van der Waals surface area (Å²) in [5.74, 6) is 0. The van der Waals surface area contributed by atoms with Crippen LogP contribution in [0.25, 0.3) is 0 Å². The van der Waals surface area contributed by atoms with Gasteiger partial charge in [0.2, 0.25) is 0 Å². The number of hydrogen-bond acceptors (Lipinski definition) is 2. The lowest BCUT2D eigenvalue weighted by molar-refractivity contribution is 0.162. The first-order valence-corrected chi connectivity index (χ1v) is 7.81. The van der Waals surface area contributed by atoms with Crippen LogP contribution >= 0.6 is 0 Å². The Bertz CT molecular complexity index is 483. The molecule has 2 aromatic rings. The number of aliphatic hydroxyl groups is 1. The third-order valence-corrected chi connectivity index (χ3v) is 3.65. The van der Waals surface area contributed by atoms with Crippen LogP contribution in [0.4, 0.5) is 0 Å². The van der Waals surface area contributed by atoms with E-state index >= 15 is 0 Å². The van der Waals surface area contributed by atoms with E-state index in [2.05, 4.69) is 41.7 Å². The van der Waals surface area contributed by atoms with Crippen molar-refractivity contribution in [1.29, 1.82) is 0 Å². The minimum atomic E-state index is -0.262. The van der Waals surface area contributed by atoms with E-state index in [1.807, 2.05) is 24.3 Å². The molecule has 2 nitrogen and oxygen atoms in total. The molecule has 0 aliphatic rings. The van der Waals surface area contributed by atoms with Gasteiger partial charge >= 0.3 is 0 Å². The van der Waals surface area contributed by atoms with Crippen LogP contribution in [0.15, 0.2) is 60.7 Å². The molecule has 0 aliphatic heterocycles. The van der Waals surface area contributed by atoms with E-state index in [9.17, 15) is 5.11 Å². The van der Waals surface area contributed by atoms with Gasteiger partial charge in [-0.05, 0) is 43.4 Å². The molecule has 0 aromatic heterocycles. The average Bonchev–Trinajstić information content (AvgIpc) is 2.54. The lowest BCUT2D eigenvalue weighted by Gasteiger charge is -2.12. The van der Waals surface area contributed by atoms with Crippen molar-refractivity contribution < 1.29 is 5.11 Å². The molecule has 0 saturated heterocycles. The van der Waals surface area contributed by atoms with Gasteiger partial charge in [0.1, 0.15) is 0 Å². The Hall–Kier alpha value is -1.64. The first-order chi connectivity index (χ1) is 10.3. The Kier molecular flexibility index (Phi) is 6.99. The predicted molar refractivity (Wildman–Crippen MR) is 88.4 cm³/mol. The third-order valence-electron chi connectivity index (χ3n) is 3.65. The molecule has 2 heteroatoms. The van der Waals surface area contributed by atoms with Gasteiger partial charge in [-0.3, -0.25) is 0 Å². The van der Waals surface area contributed by atoms with E-state index in [1.54, 1.807) is 0 Å². The molecule has 0 aliphatic carbocycles. The molecular formula is C19H25NO. The lowest BCUT2D eigenvalue weighted by atomic mass is 10.1. The SMILES string of the molecule is O[C@H](CCc1ccccc1)CNCCCc1ccccc1. The molecular weight excluding hydrogens is 258 g/mol. The molecule has 0 radical (unpaired) electrons. The molecule has 2 aromatic carbocycles. The highest BCUT2D eigenvalue weighted by atomic mass is 16.3. The van der Waals surface area contributed by atoms with Crippen molar-refractivity contribution in [3.63, 3.8) is 0 Å². The fourth-order valence-electron chi connectivity index (χ4n) is 2.41. The monoisotopic (exact) mass is 283 g/mol. The quantitative estimate of drug-likeness (QED) is 0.693. The summed E-state index contributed by atoms with van der Waals surface area (Å²) in [4.78, 5) is 0. The second-order valence-electron chi connectivity index (χ2n) is 5.47. The number of rotatable bonds is 9. The van der Waals surface area contributed by atoms with Crippen LogP contribution in [0.1, 0.15) is 24.0 Å². The predicted octanol–water partition coefficient (Wildman–Crippen LogP) is 3.20. The molecule has 21 heavy (non-hydrogen) atoms. The average molecular weight is 283 g/mol. The van der Waals surface area contributed by atoms with Gasteiger partial charge in [0.25, 0.3) is 0 Å². The number of benzene rings is 2. The van der Waals surface area contributed by atoms with Crippen molar-refractivity contribution in [3.8, 4) is 0 Å². The van der Waals surface area contributed by atoms with E-state index in [4.69, 9.17) is 0 Å². The van der Waals surface area contributed by atoms with E-state index in [-0.39, 0.29) is 6.10 Å². The first-order valence-electron chi connectivity index (χ1n) is 7.81. The van der Waals surface area contributed by atoms with E-state index < -0.39 is 0 Å². The van der Waals surface area contributed by atoms with Crippen LogP contribution < -0.4 is 5.32 Å². The van der Waals surface area contributed by atoms with Gasteiger partial charge in [-0.15, -0.1) is 0 Å². The van der Waals surface area contributed by atoms with Crippen molar-refractivity contribution in [2.24, 2.45) is 0 Å². The third kappa shape index (κ3) is 6.56. The van der Waals surface area contributed by atoms with E-state index in [0.717, 1.165) is 32.2 Å². The topological polar surface area (TPSA) is 32.3 Å². The maximum Gasteiger partial charge on any atom is 0.0667 e. The number of aryl methyl sites for hydroxylation is 2. The van der Waals surface area contributed by atoms with Crippen molar-refractivity contribution in [2.75, 3.05) is 13.1 Å². The van der Waals surface area contributed by atoms with Gasteiger partial charge in [0, 0.05) is 6.54 Å². The summed E-state index contributed by atoms with van der Waals surface area (Å²) in [7, 11) is 0. The Morgan fingerprint density at radius 2 is 1.38 bits per heavy atom. The van der Waals surface area contributed by atoms with Crippen LogP contribution in [0.2, 0.25) is 0 Å². The molecule has 2 rings (SSSR count). The second-order valence-corrected chi connectivity index (χ2v) is 5.47. The van der Waals surface area contributed by atoms with Gasteiger partial charge in [0.15, 0.2) is 0 Å². The molecule has 0 unspecified atom stereocenters. The van der Waals surface area contributed by atoms with Crippen molar-refractivity contribution in [1.82, 2.24) is 5.32 Å². The molecule has 0 heterocycles. The fraction of sp³-hybridized carbons (Fsp3) is 0.368. The smallest absolute Gasteiger partial charge is 0.0667 e. The molecule has 2 N–H and O–H groups in total. The van der Waals surface area contributed by atoms with Gasteiger partial charge in [-0.1, -0.05) is 60.7 Å². The number of hydrogen-bond donors (Lipinski definition) is 2. The molecule has 0 saturated carbocycles. The highest BCUT2D eigenvalue weighted by Gasteiger charge is 2.03. The summed E-state index contributed by atoms with van der Waals surface area (Å²) < 4.78 is 0. The summed E-state index contributed by atoms with van der Waals surface area (Å²) in [5, 5.41) is 13.3. The molecule has 0 bridgehead atoms. The molecule has 0 spiro atoms. The van der Waals surface area contributed by atoms with Crippen molar-refractivity contribution in [3.05, 3.63) is 71.8 Å². The minimum Gasteiger partial charge on any atom is -0.392 e. The second kappa shape index (κ2) is 9.32. The Morgan fingerprint density at radius 1 is 0.810 bits per heavy atom. The Balaban J connectivity index is 1.52. The minimum absolute atomic E-state index is 0.262. The van der Waals surface area contributed by atoms with Crippen LogP contribution in [-0.2, 0) is 12.8 Å². The Morgan fingerprint density at radius 3 is 2.00 bits per heavy atom. The fourth-order valence-corrected chi connectivity index (χ4v) is 2.41. The maximum atomic E-state index is 9.96. The van der Waals surface area contributed by atoms with Gasteiger partial charge in [-0.2, -0.15) is 0 Å². The first kappa shape index (κ1) is 15.7. The number of nitrogens with one attached hydrogen (secondary N) is 1. The highest BCUT2D eigenvalue weighted by Crippen LogP contribution is 2.05. The zero-order chi connectivity index (χ0) is 14.8. The normalized spacial score (nSPS) is 12.2. The summed E-state index contributed by atoms with van der Waals surface area (Å²) in [6, 6.07) is 20.9. The van der Waals surface area contributed by atoms with Crippen LogP contribution in [0, 0.1) is 0 Å². The molecule has 1 atom stereocenters. The molecule has 0 amide bonds. The summed E-state index contributed by atoms with van der Waals surface area (Å²) in [6.07, 6.45) is 3.69. The standard InChI is InChI=1S/C19H25NO/c21-19(14-13-18-10-5-2-6-11-18)16-20-15-7-12-17-8-3-1-4-9-17/h1-6,8-11,19-21H,7,12-16H2/t19-/m1/s1. The van der Waals surface area contributed by atoms with Gasteiger partial charge < -0.3 is 10.4 Å². The van der Waals surface area contributed by atoms with Crippen molar-refractivity contribution in [2.45, 2.75) is 31.8 Å². The molecule has 0 fully saturated rings. The summed E-state index contributed by atoms with van der Waals surface area (Å²) in [6.45, 7) is 1.64. The van der Waals surface area contributed by atoms with Gasteiger partial charge in [0.05, 0.1) is 6.10 Å². The van der Waals surface area contributed by atoms with Crippen LogP contribution in [0.3, 0.4) is 0 Å². The zero-order valence-electron chi connectivity index (χ0n) is 12.5. The molecule has 112 valence electrons. The summed E-state index contributed by atoms with van der Waals surface area (Å²) in [5.41, 5.74) is 2.67. The summed E-state index contributed by atoms with van der Waals surface area (Å²) >= 11 is 0. The lowest BCUT2D eigenvalue weighted by Crippen LogP contribution is -2.28. The maximum absolute atomic E-state index is 9.96. The van der Waals surface area contributed by atoms with E-state index in [1.165, 1.54) is 11.1 Å². The van der Waals surface area contributed by atoms with Crippen LogP contribution in [-0.4, -0.2) is 24.3 Å². The van der Waals surface area contributed by atoms with Gasteiger partial charge in [-0.25, -0.2) is 0 Å². The zero-order valence-corrected chi connectivity index (χ0v) is 12.5. The van der Waals surface area contributed by atoms with Crippen LogP contribution in [0.5, 0.6) is 0 Å². The van der Waals surface area contributed by atoms with Crippen molar-refractivity contribution >= 4 is 0 Å². The number of aliphatic hydroxyl groups excluding tert-OH is 1.